The highest BCUT2D eigenvalue weighted by molar-refractivity contribution is 7.80. The van der Waals surface area contributed by atoms with Crippen molar-refractivity contribution in [3.63, 3.8) is 0 Å². The molecule has 2 aromatic rings. The van der Waals surface area contributed by atoms with Crippen molar-refractivity contribution in [2.24, 2.45) is 5.73 Å². The van der Waals surface area contributed by atoms with Crippen molar-refractivity contribution in [2.45, 2.75) is 39.3 Å². The average molecular weight is 302 g/mol. The molecule has 0 atom stereocenters. The second-order valence-electron chi connectivity index (χ2n) is 5.47. The summed E-state index contributed by atoms with van der Waals surface area (Å²) < 4.78 is 3.35. The van der Waals surface area contributed by atoms with Gasteiger partial charge in [0.2, 0.25) is 0 Å². The van der Waals surface area contributed by atoms with E-state index in [0.717, 1.165) is 48.3 Å². The third-order valence-electron chi connectivity index (χ3n) is 3.98. The molecule has 5 nitrogen and oxygen atoms in total. The summed E-state index contributed by atoms with van der Waals surface area (Å²) in [5.41, 5.74) is 8.60. The van der Waals surface area contributed by atoms with E-state index in [0.29, 0.717) is 11.5 Å². The Kier molecular flexibility index (Phi) is 3.63. The van der Waals surface area contributed by atoms with Crippen LogP contribution in [0, 0.1) is 6.92 Å². The Morgan fingerprint density at radius 3 is 2.90 bits per heavy atom. The highest BCUT2D eigenvalue weighted by Crippen LogP contribution is 2.14. The molecule has 0 bridgehead atoms. The number of aromatic nitrogens is 3. The number of hydrogen-bond acceptors (Lipinski definition) is 3. The second kappa shape index (κ2) is 5.44. The van der Waals surface area contributed by atoms with Crippen molar-refractivity contribution < 1.29 is 0 Å². The van der Waals surface area contributed by atoms with Crippen LogP contribution in [0.25, 0.3) is 0 Å². The molecule has 0 amide bonds. The quantitative estimate of drug-likeness (QED) is 0.870. The van der Waals surface area contributed by atoms with E-state index in [4.69, 9.17) is 18.0 Å². The third kappa shape index (κ3) is 2.63. The first-order chi connectivity index (χ1) is 10.1. The van der Waals surface area contributed by atoms with Crippen LogP contribution in [0.4, 0.5) is 0 Å². The van der Waals surface area contributed by atoms with E-state index >= 15 is 0 Å². The van der Waals surface area contributed by atoms with Gasteiger partial charge in [-0.25, -0.2) is 9.48 Å². The number of hydrogen-bond donors (Lipinski definition) is 1. The van der Waals surface area contributed by atoms with E-state index in [9.17, 15) is 4.79 Å². The van der Waals surface area contributed by atoms with Gasteiger partial charge in [0.15, 0.2) is 0 Å². The van der Waals surface area contributed by atoms with Crippen LogP contribution in [0.15, 0.2) is 23.0 Å². The largest absolute Gasteiger partial charge is 0.389 e. The molecular weight excluding hydrogens is 284 g/mol. The van der Waals surface area contributed by atoms with Gasteiger partial charge in [-0.3, -0.25) is 4.57 Å². The van der Waals surface area contributed by atoms with Gasteiger partial charge in [-0.05, 0) is 37.0 Å². The lowest BCUT2D eigenvalue weighted by Crippen LogP contribution is -2.27. The highest BCUT2D eigenvalue weighted by Gasteiger charge is 2.17. The van der Waals surface area contributed by atoms with Gasteiger partial charge in [0.05, 0.1) is 6.54 Å². The first kappa shape index (κ1) is 14.0. The molecule has 0 spiro atoms. The van der Waals surface area contributed by atoms with Crippen LogP contribution in [0.5, 0.6) is 0 Å². The van der Waals surface area contributed by atoms with Gasteiger partial charge in [0.1, 0.15) is 10.8 Å². The van der Waals surface area contributed by atoms with E-state index in [1.807, 2.05) is 25.1 Å². The smallest absolute Gasteiger partial charge is 0.346 e. The molecule has 0 fully saturated rings. The Morgan fingerprint density at radius 2 is 2.24 bits per heavy atom. The zero-order valence-corrected chi connectivity index (χ0v) is 12.8. The van der Waals surface area contributed by atoms with Crippen LogP contribution in [0.3, 0.4) is 0 Å². The number of aryl methyl sites for hydroxylation is 2. The molecule has 0 aliphatic carbocycles. The average Bonchev–Trinajstić information content (AvgIpc) is 2.78. The van der Waals surface area contributed by atoms with Gasteiger partial charge in [0.25, 0.3) is 0 Å². The molecule has 0 saturated heterocycles. The maximum absolute atomic E-state index is 12.3. The molecule has 21 heavy (non-hydrogen) atoms. The molecule has 1 aromatic heterocycles. The van der Waals surface area contributed by atoms with E-state index in [-0.39, 0.29) is 5.69 Å². The van der Waals surface area contributed by atoms with E-state index in [1.54, 1.807) is 9.25 Å². The summed E-state index contributed by atoms with van der Waals surface area (Å²) >= 11 is 4.98. The van der Waals surface area contributed by atoms with Crippen LogP contribution < -0.4 is 11.4 Å². The van der Waals surface area contributed by atoms with E-state index in [2.05, 4.69) is 5.10 Å². The molecule has 2 N–H and O–H groups in total. The number of rotatable bonds is 3. The van der Waals surface area contributed by atoms with Gasteiger partial charge in [-0.1, -0.05) is 24.4 Å². The Labute approximate surface area is 128 Å². The first-order valence-corrected chi connectivity index (χ1v) is 7.53. The molecule has 6 heteroatoms. The van der Waals surface area contributed by atoms with Crippen LogP contribution in [0.1, 0.15) is 35.4 Å². The van der Waals surface area contributed by atoms with Crippen LogP contribution >= 0.6 is 12.2 Å². The van der Waals surface area contributed by atoms with Crippen molar-refractivity contribution in [3.05, 3.63) is 51.2 Å². The first-order valence-electron chi connectivity index (χ1n) is 7.12. The molecular formula is C15H18N4OS. The molecule has 0 radical (unpaired) electrons. The normalized spacial score (nSPS) is 14.0. The Morgan fingerprint density at radius 1 is 1.43 bits per heavy atom. The summed E-state index contributed by atoms with van der Waals surface area (Å²) in [5, 5.41) is 4.46. The molecule has 0 unspecified atom stereocenters. The number of nitrogens with zero attached hydrogens (tertiary/aromatic N) is 3. The van der Waals surface area contributed by atoms with Crippen LogP contribution in [0.2, 0.25) is 0 Å². The van der Waals surface area contributed by atoms with E-state index in [1.165, 1.54) is 0 Å². The highest BCUT2D eigenvalue weighted by atomic mass is 32.1. The van der Waals surface area contributed by atoms with Crippen LogP contribution in [-0.4, -0.2) is 19.3 Å². The summed E-state index contributed by atoms with van der Waals surface area (Å²) in [4.78, 5) is 12.7. The fourth-order valence-corrected chi connectivity index (χ4v) is 2.87. The lowest BCUT2D eigenvalue weighted by molar-refractivity contribution is 0.511. The molecule has 0 saturated carbocycles. The fraction of sp³-hybridized carbons (Fsp3) is 0.400. The minimum atomic E-state index is -0.0116. The predicted octanol–water partition coefficient (Wildman–Crippen LogP) is 1.37. The van der Waals surface area contributed by atoms with Gasteiger partial charge < -0.3 is 5.73 Å². The zero-order chi connectivity index (χ0) is 15.0. The van der Waals surface area contributed by atoms with Gasteiger partial charge in [0, 0.05) is 18.5 Å². The Balaban J connectivity index is 1.92. The molecule has 1 aromatic carbocycles. The minimum absolute atomic E-state index is 0.0116. The van der Waals surface area contributed by atoms with Crippen molar-refractivity contribution in [2.75, 3.05) is 0 Å². The lowest BCUT2D eigenvalue weighted by Gasteiger charge is -2.09. The summed E-state index contributed by atoms with van der Waals surface area (Å²) in [6, 6.07) is 5.82. The van der Waals surface area contributed by atoms with Crippen molar-refractivity contribution in [1.29, 1.82) is 0 Å². The SMILES string of the molecule is Cc1cc(C(N)=S)ccc1Cn1nc2n(c1=O)CCCC2. The molecule has 1 aliphatic heterocycles. The minimum Gasteiger partial charge on any atom is -0.389 e. The molecule has 3 rings (SSSR count). The number of thiocarbonyl (C=S) groups is 1. The maximum atomic E-state index is 12.3. The predicted molar refractivity (Wildman–Crippen MR) is 85.6 cm³/mol. The van der Waals surface area contributed by atoms with Gasteiger partial charge in [-0.15, -0.1) is 0 Å². The monoisotopic (exact) mass is 302 g/mol. The Hall–Kier alpha value is -1.95. The number of nitrogens with two attached hydrogens (primary N) is 1. The van der Waals surface area contributed by atoms with E-state index < -0.39 is 0 Å². The summed E-state index contributed by atoms with van der Waals surface area (Å²) in [7, 11) is 0. The summed E-state index contributed by atoms with van der Waals surface area (Å²) in [5.74, 6) is 0.906. The standard InChI is InChI=1S/C15H18N4OS/c1-10-8-11(14(16)21)5-6-12(10)9-19-15(20)18-7-3-2-4-13(18)17-19/h5-6,8H,2-4,7,9H2,1H3,(H2,16,21). The van der Waals surface area contributed by atoms with Crippen molar-refractivity contribution in [1.82, 2.24) is 14.3 Å². The summed E-state index contributed by atoms with van der Waals surface area (Å²) in [6.45, 7) is 3.27. The van der Waals surface area contributed by atoms with Crippen molar-refractivity contribution >= 4 is 17.2 Å². The lowest BCUT2D eigenvalue weighted by atomic mass is 10.1. The summed E-state index contributed by atoms with van der Waals surface area (Å²) in [6.07, 6.45) is 3.06. The van der Waals surface area contributed by atoms with Gasteiger partial charge in [-0.2, -0.15) is 5.10 Å². The van der Waals surface area contributed by atoms with Gasteiger partial charge >= 0.3 is 5.69 Å². The fourth-order valence-electron chi connectivity index (χ4n) is 2.74. The molecule has 110 valence electrons. The molecule has 2 heterocycles. The second-order valence-corrected chi connectivity index (χ2v) is 5.91. The zero-order valence-electron chi connectivity index (χ0n) is 12.0. The third-order valence-corrected chi connectivity index (χ3v) is 4.21. The number of benzene rings is 1. The topological polar surface area (TPSA) is 65.8 Å². The number of fused-ring (bicyclic) bond motifs is 1. The maximum Gasteiger partial charge on any atom is 0.346 e. The van der Waals surface area contributed by atoms with Crippen LogP contribution in [-0.2, 0) is 19.5 Å². The Bertz CT molecular complexity index is 760. The van der Waals surface area contributed by atoms with Crippen molar-refractivity contribution in [3.8, 4) is 0 Å². The molecule has 1 aliphatic rings.